The Morgan fingerprint density at radius 2 is 2.00 bits per heavy atom. The first-order valence-electron chi connectivity index (χ1n) is 8.19. The molecule has 1 amide bonds. The van der Waals surface area contributed by atoms with Crippen LogP contribution in [0.4, 0.5) is 0 Å². The molecule has 0 spiro atoms. The Morgan fingerprint density at radius 1 is 1.30 bits per heavy atom. The summed E-state index contributed by atoms with van der Waals surface area (Å²) in [5.74, 6) is -0.468. The lowest BCUT2D eigenvalue weighted by Crippen LogP contribution is -2.49. The van der Waals surface area contributed by atoms with Crippen LogP contribution in [0, 0.1) is 12.8 Å². The van der Waals surface area contributed by atoms with Crippen LogP contribution in [-0.4, -0.2) is 55.5 Å². The molecule has 1 atom stereocenters. The van der Waals surface area contributed by atoms with Crippen molar-refractivity contribution in [1.82, 2.24) is 10.2 Å². The third kappa shape index (κ3) is 5.44. The first kappa shape index (κ1) is 17.6. The molecular formula is C18H26N2O3. The summed E-state index contributed by atoms with van der Waals surface area (Å²) in [5.41, 5.74) is 1.47. The van der Waals surface area contributed by atoms with E-state index in [2.05, 4.69) is 24.1 Å². The number of ketones is 1. The average Bonchev–Trinajstić information content (AvgIpc) is 2.52. The van der Waals surface area contributed by atoms with Crippen LogP contribution >= 0.6 is 0 Å². The number of amides is 1. The number of rotatable bonds is 6. The van der Waals surface area contributed by atoms with E-state index in [1.54, 1.807) is 12.1 Å². The number of carbonyl (C=O) groups is 2. The van der Waals surface area contributed by atoms with Crippen LogP contribution in [0.5, 0.6) is 0 Å². The maximum Gasteiger partial charge on any atom is 0.292 e. The van der Waals surface area contributed by atoms with E-state index < -0.39 is 11.7 Å². The predicted molar refractivity (Wildman–Crippen MR) is 89.5 cm³/mol. The van der Waals surface area contributed by atoms with Gasteiger partial charge >= 0.3 is 0 Å². The molecule has 1 saturated heterocycles. The summed E-state index contributed by atoms with van der Waals surface area (Å²) in [6.07, 6.45) is -0.0581. The summed E-state index contributed by atoms with van der Waals surface area (Å²) in [7, 11) is 0. The zero-order valence-corrected chi connectivity index (χ0v) is 14.2. The van der Waals surface area contributed by atoms with Gasteiger partial charge in [-0.05, 0) is 12.8 Å². The number of aryl methyl sites for hydroxylation is 1. The summed E-state index contributed by atoms with van der Waals surface area (Å²) in [4.78, 5) is 26.4. The highest BCUT2D eigenvalue weighted by Gasteiger charge is 2.23. The number of benzene rings is 1. The molecule has 1 aromatic carbocycles. The first-order valence-corrected chi connectivity index (χ1v) is 8.19. The molecule has 0 aromatic heterocycles. The van der Waals surface area contributed by atoms with Crippen LogP contribution in [0.1, 0.15) is 29.8 Å². The third-order valence-electron chi connectivity index (χ3n) is 3.86. The smallest absolute Gasteiger partial charge is 0.292 e. The lowest BCUT2D eigenvalue weighted by atomic mass is 10.1. The Morgan fingerprint density at radius 3 is 2.65 bits per heavy atom. The van der Waals surface area contributed by atoms with Gasteiger partial charge in [-0.1, -0.05) is 43.7 Å². The second-order valence-electron chi connectivity index (χ2n) is 6.55. The Bertz CT molecular complexity index is 540. The van der Waals surface area contributed by atoms with Crippen molar-refractivity contribution in [2.24, 2.45) is 5.92 Å². The van der Waals surface area contributed by atoms with Gasteiger partial charge < -0.3 is 10.1 Å². The van der Waals surface area contributed by atoms with Gasteiger partial charge in [-0.15, -0.1) is 0 Å². The molecule has 5 nitrogen and oxygen atoms in total. The molecular weight excluding hydrogens is 292 g/mol. The predicted octanol–water partition coefficient (Wildman–Crippen LogP) is 1.65. The molecule has 1 N–H and O–H groups in total. The highest BCUT2D eigenvalue weighted by molar-refractivity contribution is 6.42. The van der Waals surface area contributed by atoms with E-state index in [1.807, 2.05) is 19.1 Å². The number of nitrogens with one attached hydrogen (secondary N) is 1. The molecule has 1 aliphatic rings. The zero-order valence-electron chi connectivity index (χ0n) is 14.2. The van der Waals surface area contributed by atoms with E-state index in [-0.39, 0.29) is 6.10 Å². The fraction of sp³-hybridized carbons (Fsp3) is 0.556. The SMILES string of the molecule is Cc1ccc(C(=O)C(=O)NCC2CN(CC(C)C)CCO2)cc1. The number of carbonyl (C=O) groups excluding carboxylic acids is 2. The monoisotopic (exact) mass is 318 g/mol. The molecule has 1 fully saturated rings. The van der Waals surface area contributed by atoms with E-state index in [1.165, 1.54) is 0 Å². The Kier molecular flexibility index (Phi) is 6.30. The molecule has 23 heavy (non-hydrogen) atoms. The van der Waals surface area contributed by atoms with Gasteiger partial charge in [-0.25, -0.2) is 0 Å². The number of hydrogen-bond donors (Lipinski definition) is 1. The topological polar surface area (TPSA) is 58.6 Å². The van der Waals surface area contributed by atoms with Crippen molar-refractivity contribution in [2.75, 3.05) is 32.8 Å². The van der Waals surface area contributed by atoms with Crippen LogP contribution in [0.2, 0.25) is 0 Å². The van der Waals surface area contributed by atoms with Crippen molar-refractivity contribution < 1.29 is 14.3 Å². The van der Waals surface area contributed by atoms with Gasteiger partial charge in [0.1, 0.15) is 0 Å². The van der Waals surface area contributed by atoms with Crippen molar-refractivity contribution in [1.29, 1.82) is 0 Å². The normalized spacial score (nSPS) is 18.9. The van der Waals surface area contributed by atoms with Gasteiger partial charge in [0.25, 0.3) is 5.91 Å². The lowest BCUT2D eigenvalue weighted by molar-refractivity contribution is -0.118. The summed E-state index contributed by atoms with van der Waals surface area (Å²) in [5, 5.41) is 2.70. The van der Waals surface area contributed by atoms with E-state index in [0.717, 1.165) is 25.2 Å². The second kappa shape index (κ2) is 8.22. The average molecular weight is 318 g/mol. The maximum absolute atomic E-state index is 12.1. The number of nitrogens with zero attached hydrogens (tertiary/aromatic N) is 1. The molecule has 0 bridgehead atoms. The van der Waals surface area contributed by atoms with Crippen LogP contribution in [-0.2, 0) is 9.53 Å². The minimum absolute atomic E-state index is 0.0581. The molecule has 0 radical (unpaired) electrons. The summed E-state index contributed by atoms with van der Waals surface area (Å²) in [6.45, 7) is 10.1. The fourth-order valence-corrected chi connectivity index (χ4v) is 2.71. The van der Waals surface area contributed by atoms with Crippen LogP contribution in [0.25, 0.3) is 0 Å². The van der Waals surface area contributed by atoms with Crippen molar-refractivity contribution in [2.45, 2.75) is 26.9 Å². The van der Waals surface area contributed by atoms with Crippen LogP contribution < -0.4 is 5.32 Å². The van der Waals surface area contributed by atoms with Gasteiger partial charge in [-0.3, -0.25) is 14.5 Å². The Balaban J connectivity index is 1.81. The van der Waals surface area contributed by atoms with E-state index in [4.69, 9.17) is 4.74 Å². The fourth-order valence-electron chi connectivity index (χ4n) is 2.71. The van der Waals surface area contributed by atoms with Gasteiger partial charge in [0.2, 0.25) is 5.78 Å². The zero-order chi connectivity index (χ0) is 16.8. The van der Waals surface area contributed by atoms with Crippen molar-refractivity contribution in [3.8, 4) is 0 Å². The van der Waals surface area contributed by atoms with Crippen molar-refractivity contribution >= 4 is 11.7 Å². The molecule has 0 aliphatic carbocycles. The van der Waals surface area contributed by atoms with Crippen LogP contribution in [0.15, 0.2) is 24.3 Å². The largest absolute Gasteiger partial charge is 0.374 e. The molecule has 0 saturated carbocycles. The van der Waals surface area contributed by atoms with E-state index in [9.17, 15) is 9.59 Å². The Hall–Kier alpha value is -1.72. The van der Waals surface area contributed by atoms with E-state index in [0.29, 0.717) is 24.6 Å². The summed E-state index contributed by atoms with van der Waals surface area (Å²) >= 11 is 0. The van der Waals surface area contributed by atoms with Gasteiger partial charge in [0.05, 0.1) is 12.7 Å². The highest BCUT2D eigenvalue weighted by atomic mass is 16.5. The molecule has 5 heteroatoms. The standard InChI is InChI=1S/C18H26N2O3/c1-13(2)11-20-8-9-23-16(12-20)10-19-18(22)17(21)15-6-4-14(3)5-7-15/h4-7,13,16H,8-12H2,1-3H3,(H,19,22). The third-order valence-corrected chi connectivity index (χ3v) is 3.86. The van der Waals surface area contributed by atoms with Crippen molar-refractivity contribution in [3.63, 3.8) is 0 Å². The Labute approximate surface area is 138 Å². The molecule has 126 valence electrons. The first-order chi connectivity index (χ1) is 11.0. The van der Waals surface area contributed by atoms with Crippen LogP contribution in [0.3, 0.4) is 0 Å². The summed E-state index contributed by atoms with van der Waals surface area (Å²) in [6, 6.07) is 7.01. The van der Waals surface area contributed by atoms with Crippen molar-refractivity contribution in [3.05, 3.63) is 35.4 Å². The number of ether oxygens (including phenoxy) is 1. The maximum atomic E-state index is 12.1. The van der Waals surface area contributed by atoms with E-state index >= 15 is 0 Å². The molecule has 1 unspecified atom stereocenters. The number of Topliss-reactive ketones (excluding diaryl/α,β-unsaturated/α-hetero) is 1. The number of morpholine rings is 1. The molecule has 2 rings (SSSR count). The van der Waals surface area contributed by atoms with Gasteiger partial charge in [0.15, 0.2) is 0 Å². The molecule has 1 heterocycles. The lowest BCUT2D eigenvalue weighted by Gasteiger charge is -2.33. The minimum Gasteiger partial charge on any atom is -0.374 e. The summed E-state index contributed by atoms with van der Waals surface area (Å²) < 4.78 is 5.67. The quantitative estimate of drug-likeness (QED) is 0.640. The van der Waals surface area contributed by atoms with Gasteiger partial charge in [0, 0.05) is 31.7 Å². The molecule has 1 aromatic rings. The molecule has 1 aliphatic heterocycles. The number of hydrogen-bond acceptors (Lipinski definition) is 4. The minimum atomic E-state index is -0.571. The van der Waals surface area contributed by atoms with Gasteiger partial charge in [-0.2, -0.15) is 0 Å². The second-order valence-corrected chi connectivity index (χ2v) is 6.55. The highest BCUT2D eigenvalue weighted by Crippen LogP contribution is 2.08.